The first-order valence-corrected chi connectivity index (χ1v) is 9.09. The fourth-order valence-electron chi connectivity index (χ4n) is 3.00. The van der Waals surface area contributed by atoms with Gasteiger partial charge < -0.3 is 5.11 Å². The van der Waals surface area contributed by atoms with Crippen LogP contribution in [0, 0.1) is 0 Å². The largest absolute Gasteiger partial charge is 0.854 e. The van der Waals surface area contributed by atoms with E-state index in [0.717, 1.165) is 17.9 Å². The molecule has 1 aliphatic rings. The molecule has 7 heteroatoms. The van der Waals surface area contributed by atoms with Crippen LogP contribution in [-0.2, 0) is 4.79 Å². The number of carbonyl (C=O) groups excluding carboxylic acids is 1. The zero-order valence-electron chi connectivity index (χ0n) is 14.0. The number of hydrogen-bond acceptors (Lipinski definition) is 5. The topological polar surface area (TPSA) is 73.0 Å². The number of amides is 1. The van der Waals surface area contributed by atoms with Crippen LogP contribution in [0.25, 0.3) is 11.3 Å². The van der Waals surface area contributed by atoms with Crippen molar-refractivity contribution in [3.05, 3.63) is 24.3 Å². The standard InChI is InChI=1S/C17H20N4O2S/c1-4-10-24-17-18-16(23)15-12-8-6-7-9-13(12)20(11(3)22)14(5-2)21(15)19-17/h6-9,14H,4-5,10H2,1-3H3. The lowest BCUT2D eigenvalue weighted by molar-refractivity contribution is -0.772. The van der Waals surface area contributed by atoms with Crippen LogP contribution in [0.4, 0.5) is 5.69 Å². The predicted octanol–water partition coefficient (Wildman–Crippen LogP) is 2.28. The van der Waals surface area contributed by atoms with Crippen molar-refractivity contribution in [3.8, 4) is 17.1 Å². The third-order valence-corrected chi connectivity index (χ3v) is 5.00. The second kappa shape index (κ2) is 6.76. The molecule has 1 aromatic heterocycles. The molecular formula is C17H20N4O2S. The minimum Gasteiger partial charge on any atom is -0.854 e. The summed E-state index contributed by atoms with van der Waals surface area (Å²) in [6.07, 6.45) is 1.31. The molecule has 0 radical (unpaired) electrons. The minimum absolute atomic E-state index is 0.0683. The van der Waals surface area contributed by atoms with Gasteiger partial charge in [0.15, 0.2) is 0 Å². The maximum Gasteiger partial charge on any atom is 0.266 e. The van der Waals surface area contributed by atoms with E-state index >= 15 is 0 Å². The van der Waals surface area contributed by atoms with Crippen molar-refractivity contribution >= 4 is 23.4 Å². The van der Waals surface area contributed by atoms with Crippen LogP contribution in [0.5, 0.6) is 5.88 Å². The lowest BCUT2D eigenvalue weighted by atomic mass is 10.0. The molecule has 24 heavy (non-hydrogen) atoms. The first kappa shape index (κ1) is 16.7. The van der Waals surface area contributed by atoms with Gasteiger partial charge in [-0.05, 0) is 18.6 Å². The molecule has 1 aliphatic heterocycles. The average Bonchev–Trinajstić information content (AvgIpc) is 2.57. The number of aromatic nitrogens is 3. The van der Waals surface area contributed by atoms with Crippen LogP contribution in [-0.4, -0.2) is 21.7 Å². The second-order valence-corrected chi connectivity index (χ2v) is 6.70. The smallest absolute Gasteiger partial charge is 0.266 e. The van der Waals surface area contributed by atoms with Crippen LogP contribution in [0.3, 0.4) is 0 Å². The van der Waals surface area contributed by atoms with Gasteiger partial charge in [0.25, 0.3) is 17.0 Å². The Balaban J connectivity index is 2.23. The highest BCUT2D eigenvalue weighted by Gasteiger charge is 2.41. The Morgan fingerprint density at radius 3 is 2.79 bits per heavy atom. The molecule has 1 unspecified atom stereocenters. The van der Waals surface area contributed by atoms with E-state index in [0.29, 0.717) is 22.8 Å². The summed E-state index contributed by atoms with van der Waals surface area (Å²) in [5.74, 6) is 0.488. The van der Waals surface area contributed by atoms with Gasteiger partial charge in [-0.3, -0.25) is 9.69 Å². The van der Waals surface area contributed by atoms with Crippen molar-refractivity contribution in [2.24, 2.45) is 0 Å². The zero-order chi connectivity index (χ0) is 17.3. The molecule has 6 nitrogen and oxygen atoms in total. The fourth-order valence-corrected chi connectivity index (χ4v) is 3.68. The lowest BCUT2D eigenvalue weighted by Crippen LogP contribution is -2.58. The SMILES string of the molecule is CCCSc1nc([O-])c2[n+](n1)C(CC)N(C(C)=O)c1ccccc1-2. The summed E-state index contributed by atoms with van der Waals surface area (Å²) in [6, 6.07) is 7.43. The molecule has 0 bridgehead atoms. The number of rotatable bonds is 4. The number of thioether (sulfide) groups is 1. The van der Waals surface area contributed by atoms with Crippen LogP contribution < -0.4 is 14.7 Å². The first-order valence-electron chi connectivity index (χ1n) is 8.11. The van der Waals surface area contributed by atoms with E-state index in [-0.39, 0.29) is 18.0 Å². The van der Waals surface area contributed by atoms with Crippen molar-refractivity contribution in [2.75, 3.05) is 10.7 Å². The summed E-state index contributed by atoms with van der Waals surface area (Å²) in [4.78, 5) is 18.1. The summed E-state index contributed by atoms with van der Waals surface area (Å²) >= 11 is 1.46. The molecule has 0 spiro atoms. The molecular weight excluding hydrogens is 324 g/mol. The van der Waals surface area contributed by atoms with Gasteiger partial charge in [0.05, 0.1) is 17.1 Å². The third-order valence-electron chi connectivity index (χ3n) is 3.96. The van der Waals surface area contributed by atoms with E-state index in [9.17, 15) is 9.90 Å². The van der Waals surface area contributed by atoms with E-state index in [1.165, 1.54) is 18.7 Å². The van der Waals surface area contributed by atoms with E-state index in [1.807, 2.05) is 31.2 Å². The molecule has 1 aromatic carbocycles. The quantitative estimate of drug-likeness (QED) is 0.628. The van der Waals surface area contributed by atoms with Gasteiger partial charge in [-0.2, -0.15) is 0 Å². The van der Waals surface area contributed by atoms with E-state index in [4.69, 9.17) is 0 Å². The summed E-state index contributed by atoms with van der Waals surface area (Å²) in [7, 11) is 0. The van der Waals surface area contributed by atoms with E-state index in [1.54, 1.807) is 9.58 Å². The normalized spacial score (nSPS) is 15.8. The van der Waals surface area contributed by atoms with Crippen LogP contribution >= 0.6 is 11.8 Å². The average molecular weight is 344 g/mol. The Hall–Kier alpha value is -2.15. The molecule has 0 saturated carbocycles. The molecule has 1 amide bonds. The summed E-state index contributed by atoms with van der Waals surface area (Å²) in [5, 5.41) is 17.7. The number of anilines is 1. The van der Waals surface area contributed by atoms with Gasteiger partial charge in [-0.15, -0.1) is 0 Å². The highest BCUT2D eigenvalue weighted by molar-refractivity contribution is 7.99. The van der Waals surface area contributed by atoms with Gasteiger partial charge in [0.2, 0.25) is 5.91 Å². The molecule has 3 rings (SSSR count). The van der Waals surface area contributed by atoms with Crippen molar-refractivity contribution in [2.45, 2.75) is 44.9 Å². The van der Waals surface area contributed by atoms with Crippen molar-refractivity contribution < 1.29 is 14.6 Å². The minimum atomic E-state index is -0.316. The zero-order valence-corrected chi connectivity index (χ0v) is 14.8. The third kappa shape index (κ3) is 2.73. The summed E-state index contributed by atoms with van der Waals surface area (Å²) in [5.41, 5.74) is 1.90. The molecule has 1 atom stereocenters. The Labute approximate surface area is 145 Å². The number of hydrogen-bond donors (Lipinski definition) is 0. The van der Waals surface area contributed by atoms with E-state index < -0.39 is 0 Å². The maximum absolute atomic E-state index is 12.7. The monoisotopic (exact) mass is 344 g/mol. The highest BCUT2D eigenvalue weighted by atomic mass is 32.2. The van der Waals surface area contributed by atoms with Crippen LogP contribution in [0.15, 0.2) is 29.4 Å². The van der Waals surface area contributed by atoms with Crippen molar-refractivity contribution in [1.29, 1.82) is 0 Å². The predicted molar refractivity (Wildman–Crippen MR) is 90.6 cm³/mol. The molecule has 2 heterocycles. The molecule has 2 aromatic rings. The maximum atomic E-state index is 12.7. The fraction of sp³-hybridized carbons (Fsp3) is 0.412. The Morgan fingerprint density at radius 1 is 1.38 bits per heavy atom. The van der Waals surface area contributed by atoms with Crippen LogP contribution in [0.1, 0.15) is 39.8 Å². The summed E-state index contributed by atoms with van der Waals surface area (Å²) < 4.78 is 1.68. The lowest BCUT2D eigenvalue weighted by Gasteiger charge is -2.32. The van der Waals surface area contributed by atoms with Gasteiger partial charge in [0.1, 0.15) is 0 Å². The van der Waals surface area contributed by atoms with Crippen LogP contribution in [0.2, 0.25) is 0 Å². The van der Waals surface area contributed by atoms with E-state index in [2.05, 4.69) is 17.0 Å². The van der Waals surface area contributed by atoms with Crippen molar-refractivity contribution in [3.63, 3.8) is 0 Å². The molecule has 126 valence electrons. The second-order valence-electron chi connectivity index (χ2n) is 5.64. The Morgan fingerprint density at radius 2 is 2.12 bits per heavy atom. The first-order chi connectivity index (χ1) is 11.6. The molecule has 0 aliphatic carbocycles. The summed E-state index contributed by atoms with van der Waals surface area (Å²) in [6.45, 7) is 5.59. The van der Waals surface area contributed by atoms with Gasteiger partial charge in [-0.25, -0.2) is 4.98 Å². The number of carbonyl (C=O) groups is 1. The van der Waals surface area contributed by atoms with Gasteiger partial charge in [-0.1, -0.05) is 42.4 Å². The van der Waals surface area contributed by atoms with Gasteiger partial charge >= 0.3 is 0 Å². The Bertz CT molecular complexity index is 781. The molecule has 0 N–H and O–H groups in total. The number of nitrogens with zero attached hydrogens (tertiary/aromatic N) is 4. The molecule has 0 saturated heterocycles. The highest BCUT2D eigenvalue weighted by Crippen LogP contribution is 2.39. The Kier molecular flexibility index (Phi) is 4.71. The molecule has 0 fully saturated rings. The number of para-hydroxylation sites is 1. The van der Waals surface area contributed by atoms with Crippen molar-refractivity contribution in [1.82, 2.24) is 10.1 Å². The number of fused-ring (bicyclic) bond motifs is 3. The number of benzene rings is 1. The van der Waals surface area contributed by atoms with Gasteiger partial charge in [0, 0.05) is 24.2 Å².